The molecule has 0 aliphatic heterocycles. The minimum Gasteiger partial charge on any atom is -0.461 e. The Kier molecular flexibility index (Phi) is 7.74. The van der Waals surface area contributed by atoms with Crippen LogP contribution in [0, 0.1) is 5.92 Å². The first-order chi connectivity index (χ1) is 10.0. The molecule has 0 saturated heterocycles. The number of hydrogen-bond acceptors (Lipinski definition) is 7. The van der Waals surface area contributed by atoms with E-state index in [2.05, 4.69) is 39.4 Å². The number of rotatable bonds is 10. The maximum absolute atomic E-state index is 5.56. The number of nitrogens with one attached hydrogen (secondary N) is 2. The average Bonchev–Trinajstić information content (AvgIpc) is 2.42. The zero-order valence-corrected chi connectivity index (χ0v) is 13.6. The largest absolute Gasteiger partial charge is 0.461 e. The predicted molar refractivity (Wildman–Crippen MR) is 83.9 cm³/mol. The number of hydrogen-bond donors (Lipinski definition) is 2. The van der Waals surface area contributed by atoms with E-state index in [-0.39, 0.29) is 6.10 Å². The SMILES string of the molecule is CCCNc1nc(NCC(C)COC)nc(OC(C)C)n1. The van der Waals surface area contributed by atoms with Crippen molar-refractivity contribution >= 4 is 11.9 Å². The summed E-state index contributed by atoms with van der Waals surface area (Å²) in [6, 6.07) is 0.334. The summed E-state index contributed by atoms with van der Waals surface area (Å²) < 4.78 is 10.7. The van der Waals surface area contributed by atoms with Crippen LogP contribution in [0.5, 0.6) is 6.01 Å². The Morgan fingerprint density at radius 1 is 1.05 bits per heavy atom. The monoisotopic (exact) mass is 297 g/mol. The van der Waals surface area contributed by atoms with E-state index in [1.165, 1.54) is 0 Å². The lowest BCUT2D eigenvalue weighted by Gasteiger charge is -2.14. The van der Waals surface area contributed by atoms with E-state index in [4.69, 9.17) is 9.47 Å². The molecule has 0 aliphatic carbocycles. The van der Waals surface area contributed by atoms with E-state index in [0.29, 0.717) is 30.4 Å². The normalized spacial score (nSPS) is 12.3. The molecule has 21 heavy (non-hydrogen) atoms. The lowest BCUT2D eigenvalue weighted by Crippen LogP contribution is -2.19. The summed E-state index contributed by atoms with van der Waals surface area (Å²) in [5.74, 6) is 1.42. The molecule has 1 aromatic rings. The van der Waals surface area contributed by atoms with Gasteiger partial charge in [-0.25, -0.2) is 0 Å². The Morgan fingerprint density at radius 2 is 1.71 bits per heavy atom. The first-order valence-electron chi connectivity index (χ1n) is 7.44. The van der Waals surface area contributed by atoms with E-state index >= 15 is 0 Å². The molecule has 1 unspecified atom stereocenters. The van der Waals surface area contributed by atoms with Crippen LogP contribution in [0.25, 0.3) is 0 Å². The molecule has 7 nitrogen and oxygen atoms in total. The third kappa shape index (κ3) is 7.08. The Morgan fingerprint density at radius 3 is 2.29 bits per heavy atom. The quantitative estimate of drug-likeness (QED) is 0.685. The van der Waals surface area contributed by atoms with Gasteiger partial charge >= 0.3 is 6.01 Å². The minimum absolute atomic E-state index is 0.0201. The van der Waals surface area contributed by atoms with E-state index < -0.39 is 0 Å². The van der Waals surface area contributed by atoms with Gasteiger partial charge in [-0.3, -0.25) is 0 Å². The van der Waals surface area contributed by atoms with Crippen molar-refractivity contribution in [2.45, 2.75) is 40.2 Å². The molecule has 0 amide bonds. The van der Waals surface area contributed by atoms with E-state index in [0.717, 1.165) is 19.5 Å². The van der Waals surface area contributed by atoms with Crippen LogP contribution in [0.1, 0.15) is 34.1 Å². The molecule has 0 aromatic carbocycles. The molecule has 0 bridgehead atoms. The maximum atomic E-state index is 5.56. The van der Waals surface area contributed by atoms with Crippen molar-refractivity contribution < 1.29 is 9.47 Å². The molecular weight excluding hydrogens is 270 g/mol. The molecule has 0 fully saturated rings. The maximum Gasteiger partial charge on any atom is 0.323 e. The molecule has 0 aliphatic rings. The second kappa shape index (κ2) is 9.33. The molecule has 0 radical (unpaired) electrons. The van der Waals surface area contributed by atoms with Crippen molar-refractivity contribution in [2.75, 3.05) is 37.4 Å². The van der Waals surface area contributed by atoms with Gasteiger partial charge in [-0.15, -0.1) is 0 Å². The summed E-state index contributed by atoms with van der Waals surface area (Å²) >= 11 is 0. The van der Waals surface area contributed by atoms with Crippen molar-refractivity contribution in [3.05, 3.63) is 0 Å². The molecule has 7 heteroatoms. The van der Waals surface area contributed by atoms with Gasteiger partial charge in [0.1, 0.15) is 0 Å². The van der Waals surface area contributed by atoms with Crippen molar-refractivity contribution in [1.82, 2.24) is 15.0 Å². The Bertz CT molecular complexity index is 414. The van der Waals surface area contributed by atoms with Crippen LogP contribution in [0.15, 0.2) is 0 Å². The number of aromatic nitrogens is 3. The number of nitrogens with zero attached hydrogens (tertiary/aromatic N) is 3. The van der Waals surface area contributed by atoms with Crippen LogP contribution in [0.2, 0.25) is 0 Å². The van der Waals surface area contributed by atoms with E-state index in [1.54, 1.807) is 7.11 Å². The lowest BCUT2D eigenvalue weighted by atomic mass is 10.2. The fourth-order valence-electron chi connectivity index (χ4n) is 1.62. The van der Waals surface area contributed by atoms with Gasteiger partial charge in [0.15, 0.2) is 0 Å². The van der Waals surface area contributed by atoms with Crippen LogP contribution in [-0.4, -0.2) is 47.9 Å². The Hall–Kier alpha value is -1.63. The van der Waals surface area contributed by atoms with Crippen molar-refractivity contribution in [1.29, 1.82) is 0 Å². The zero-order chi connectivity index (χ0) is 15.7. The van der Waals surface area contributed by atoms with Gasteiger partial charge < -0.3 is 20.1 Å². The lowest BCUT2D eigenvalue weighted by molar-refractivity contribution is 0.164. The first kappa shape index (κ1) is 17.4. The highest BCUT2D eigenvalue weighted by atomic mass is 16.5. The predicted octanol–water partition coefficient (Wildman–Crippen LogP) is 2.18. The Balaban J connectivity index is 2.75. The summed E-state index contributed by atoms with van der Waals surface area (Å²) in [4.78, 5) is 12.9. The highest BCUT2D eigenvalue weighted by Gasteiger charge is 2.10. The van der Waals surface area contributed by atoms with Gasteiger partial charge in [-0.05, 0) is 26.2 Å². The van der Waals surface area contributed by atoms with Crippen LogP contribution in [-0.2, 0) is 4.74 Å². The Labute approximate surface area is 126 Å². The van der Waals surface area contributed by atoms with Crippen molar-refractivity contribution in [3.8, 4) is 6.01 Å². The van der Waals surface area contributed by atoms with Crippen LogP contribution < -0.4 is 15.4 Å². The zero-order valence-electron chi connectivity index (χ0n) is 13.6. The fraction of sp³-hybridized carbons (Fsp3) is 0.786. The molecule has 120 valence electrons. The highest BCUT2D eigenvalue weighted by Crippen LogP contribution is 2.13. The number of methoxy groups -OCH3 is 1. The standard InChI is InChI=1S/C14H27N5O2/c1-6-7-15-12-17-13(16-8-11(4)9-20-5)19-14(18-12)21-10(2)3/h10-11H,6-9H2,1-5H3,(H2,15,16,17,18,19). The molecule has 0 spiro atoms. The molecule has 0 saturated carbocycles. The van der Waals surface area contributed by atoms with Gasteiger partial charge in [0.05, 0.1) is 12.7 Å². The smallest absolute Gasteiger partial charge is 0.323 e. The summed E-state index contributed by atoms with van der Waals surface area (Å²) in [5, 5.41) is 6.35. The summed E-state index contributed by atoms with van der Waals surface area (Å²) in [7, 11) is 1.70. The molecule has 1 aromatic heterocycles. The van der Waals surface area contributed by atoms with Crippen LogP contribution in [0.3, 0.4) is 0 Å². The average molecular weight is 297 g/mol. The second-order valence-corrected chi connectivity index (χ2v) is 5.30. The van der Waals surface area contributed by atoms with Crippen molar-refractivity contribution in [3.63, 3.8) is 0 Å². The fourth-order valence-corrected chi connectivity index (χ4v) is 1.62. The molecule has 1 atom stereocenters. The third-order valence-electron chi connectivity index (χ3n) is 2.55. The van der Waals surface area contributed by atoms with E-state index in [1.807, 2.05) is 13.8 Å². The summed E-state index contributed by atoms with van der Waals surface area (Å²) in [6.07, 6.45) is 1.02. The minimum atomic E-state index is 0.0201. The first-order valence-corrected chi connectivity index (χ1v) is 7.44. The summed E-state index contributed by atoms with van der Waals surface area (Å²) in [5.41, 5.74) is 0. The highest BCUT2D eigenvalue weighted by molar-refractivity contribution is 5.35. The van der Waals surface area contributed by atoms with Crippen LogP contribution >= 0.6 is 0 Å². The van der Waals surface area contributed by atoms with Gasteiger partial charge in [-0.1, -0.05) is 13.8 Å². The molecule has 1 rings (SSSR count). The molecular formula is C14H27N5O2. The third-order valence-corrected chi connectivity index (χ3v) is 2.55. The van der Waals surface area contributed by atoms with Gasteiger partial charge in [0.25, 0.3) is 0 Å². The van der Waals surface area contributed by atoms with Gasteiger partial charge in [0, 0.05) is 20.2 Å². The number of anilines is 2. The van der Waals surface area contributed by atoms with Crippen LogP contribution in [0.4, 0.5) is 11.9 Å². The molecule has 2 N–H and O–H groups in total. The second-order valence-electron chi connectivity index (χ2n) is 5.30. The summed E-state index contributed by atoms with van der Waals surface area (Å²) in [6.45, 7) is 10.3. The molecule has 1 heterocycles. The van der Waals surface area contributed by atoms with E-state index in [9.17, 15) is 0 Å². The number of ether oxygens (including phenoxy) is 2. The van der Waals surface area contributed by atoms with Gasteiger partial charge in [0.2, 0.25) is 11.9 Å². The van der Waals surface area contributed by atoms with Gasteiger partial charge in [-0.2, -0.15) is 15.0 Å². The van der Waals surface area contributed by atoms with Crippen molar-refractivity contribution in [2.24, 2.45) is 5.92 Å². The topological polar surface area (TPSA) is 81.2 Å².